The second-order valence-corrected chi connectivity index (χ2v) is 7.53. The molecule has 1 saturated heterocycles. The van der Waals surface area contributed by atoms with Gasteiger partial charge in [-0.2, -0.15) is 0 Å². The maximum absolute atomic E-state index is 4.85. The normalized spacial score (nSPS) is 13.9. The first-order valence-electron chi connectivity index (χ1n) is 10.4. The van der Waals surface area contributed by atoms with Crippen LogP contribution in [0.5, 0.6) is 0 Å². The van der Waals surface area contributed by atoms with E-state index in [1.54, 1.807) is 0 Å². The van der Waals surface area contributed by atoms with Gasteiger partial charge in [0.25, 0.3) is 0 Å². The van der Waals surface area contributed by atoms with E-state index in [1.807, 2.05) is 18.2 Å². The van der Waals surface area contributed by atoms with E-state index in [9.17, 15) is 0 Å². The summed E-state index contributed by atoms with van der Waals surface area (Å²) in [7, 11) is 0. The van der Waals surface area contributed by atoms with Crippen molar-refractivity contribution < 1.29 is 0 Å². The van der Waals surface area contributed by atoms with Crippen LogP contribution in [-0.2, 0) is 6.42 Å². The minimum absolute atomic E-state index is 0.782. The predicted molar refractivity (Wildman–Crippen MR) is 119 cm³/mol. The van der Waals surface area contributed by atoms with Crippen molar-refractivity contribution in [2.75, 3.05) is 29.9 Å². The van der Waals surface area contributed by atoms with E-state index in [-0.39, 0.29) is 0 Å². The Morgan fingerprint density at radius 1 is 0.931 bits per heavy atom. The first kappa shape index (κ1) is 17.7. The molecule has 0 radical (unpaired) electrons. The van der Waals surface area contributed by atoms with E-state index in [4.69, 9.17) is 9.97 Å². The maximum Gasteiger partial charge on any atom is 0.163 e. The summed E-state index contributed by atoms with van der Waals surface area (Å²) in [5.74, 6) is 2.69. The minimum atomic E-state index is 0.782. The Hall–Kier alpha value is -3.34. The minimum Gasteiger partial charge on any atom is -0.370 e. The number of para-hydroxylation sites is 1. The number of benzene rings is 2. The Morgan fingerprint density at radius 3 is 2.59 bits per heavy atom. The summed E-state index contributed by atoms with van der Waals surface area (Å²) in [6.45, 7) is 2.96. The Bertz CT molecular complexity index is 1100. The van der Waals surface area contributed by atoms with E-state index >= 15 is 0 Å². The summed E-state index contributed by atoms with van der Waals surface area (Å²) in [5.41, 5.74) is 3.56. The third kappa shape index (κ3) is 3.81. The number of rotatable bonds is 6. The van der Waals surface area contributed by atoms with Crippen molar-refractivity contribution in [3.8, 4) is 11.4 Å². The van der Waals surface area contributed by atoms with Gasteiger partial charge in [-0.3, -0.25) is 0 Å². The van der Waals surface area contributed by atoms with Crippen LogP contribution in [0, 0.1) is 0 Å². The third-order valence-electron chi connectivity index (χ3n) is 5.55. The fourth-order valence-corrected chi connectivity index (χ4v) is 4.01. The van der Waals surface area contributed by atoms with Gasteiger partial charge in [-0.25, -0.2) is 9.97 Å². The molecule has 3 heterocycles. The van der Waals surface area contributed by atoms with Gasteiger partial charge in [0.15, 0.2) is 5.82 Å². The molecule has 2 N–H and O–H groups in total. The van der Waals surface area contributed by atoms with Crippen LogP contribution in [0.4, 0.5) is 11.6 Å². The quantitative estimate of drug-likeness (QED) is 0.498. The standard InChI is InChI=1S/C24H25N5/c1-2-8-18(9-3-1)24-27-22(16-23(28-24)29-14-6-7-15-29)25-13-12-19-17-26-21-11-5-4-10-20(19)21/h1-5,8-11,16-17,26H,6-7,12-15H2,(H,25,27,28). The van der Waals surface area contributed by atoms with Crippen molar-refractivity contribution in [3.05, 3.63) is 72.4 Å². The van der Waals surface area contributed by atoms with Crippen LogP contribution < -0.4 is 10.2 Å². The fraction of sp³-hybridized carbons (Fsp3) is 0.250. The van der Waals surface area contributed by atoms with Gasteiger partial charge >= 0.3 is 0 Å². The molecular formula is C24H25N5. The monoisotopic (exact) mass is 383 g/mol. The molecule has 1 aliphatic rings. The van der Waals surface area contributed by atoms with Gasteiger partial charge in [-0.15, -0.1) is 0 Å². The van der Waals surface area contributed by atoms with Crippen LogP contribution in [0.25, 0.3) is 22.3 Å². The molecule has 0 spiro atoms. The second kappa shape index (κ2) is 7.95. The molecule has 29 heavy (non-hydrogen) atoms. The summed E-state index contributed by atoms with van der Waals surface area (Å²) in [4.78, 5) is 15.4. The van der Waals surface area contributed by atoms with Gasteiger partial charge in [0.2, 0.25) is 0 Å². The largest absolute Gasteiger partial charge is 0.370 e. The van der Waals surface area contributed by atoms with Crippen LogP contribution in [0.2, 0.25) is 0 Å². The molecule has 5 heteroatoms. The Balaban J connectivity index is 1.37. The summed E-state index contributed by atoms with van der Waals surface area (Å²) >= 11 is 0. The van der Waals surface area contributed by atoms with Crippen LogP contribution in [0.15, 0.2) is 66.9 Å². The molecule has 146 valence electrons. The Kier molecular flexibility index (Phi) is 4.87. The molecule has 0 atom stereocenters. The molecule has 0 amide bonds. The molecule has 0 saturated carbocycles. The molecule has 5 nitrogen and oxygen atoms in total. The van der Waals surface area contributed by atoms with Crippen molar-refractivity contribution in [2.45, 2.75) is 19.3 Å². The Morgan fingerprint density at radius 2 is 1.72 bits per heavy atom. The van der Waals surface area contributed by atoms with Crippen LogP contribution in [-0.4, -0.2) is 34.6 Å². The summed E-state index contributed by atoms with van der Waals surface area (Å²) < 4.78 is 0. The van der Waals surface area contributed by atoms with Crippen molar-refractivity contribution in [2.24, 2.45) is 0 Å². The average molecular weight is 383 g/mol. The molecular weight excluding hydrogens is 358 g/mol. The van der Waals surface area contributed by atoms with Gasteiger partial charge in [0.1, 0.15) is 11.6 Å². The van der Waals surface area contributed by atoms with Crippen molar-refractivity contribution in [3.63, 3.8) is 0 Å². The maximum atomic E-state index is 4.85. The highest BCUT2D eigenvalue weighted by Crippen LogP contribution is 2.25. The number of hydrogen-bond donors (Lipinski definition) is 2. The highest BCUT2D eigenvalue weighted by molar-refractivity contribution is 5.83. The molecule has 4 aromatic rings. The average Bonchev–Trinajstić information content (AvgIpc) is 3.45. The number of H-pyrrole nitrogens is 1. The second-order valence-electron chi connectivity index (χ2n) is 7.53. The van der Waals surface area contributed by atoms with Gasteiger partial charge in [-0.1, -0.05) is 48.5 Å². The van der Waals surface area contributed by atoms with E-state index in [1.165, 1.54) is 29.3 Å². The lowest BCUT2D eigenvalue weighted by atomic mass is 10.1. The predicted octanol–water partition coefficient (Wildman–Crippen LogP) is 4.88. The molecule has 5 rings (SSSR count). The third-order valence-corrected chi connectivity index (χ3v) is 5.55. The number of aromatic nitrogens is 3. The SMILES string of the molecule is c1ccc(-c2nc(NCCc3c[nH]c4ccccc34)cc(N3CCCC3)n2)cc1. The van der Waals surface area contributed by atoms with Gasteiger partial charge in [-0.05, 0) is 30.9 Å². The number of aromatic amines is 1. The Labute approximate surface area is 170 Å². The lowest BCUT2D eigenvalue weighted by Gasteiger charge is -2.18. The van der Waals surface area contributed by atoms with E-state index in [0.717, 1.165) is 49.1 Å². The number of nitrogens with one attached hydrogen (secondary N) is 2. The highest BCUT2D eigenvalue weighted by atomic mass is 15.2. The number of anilines is 2. The fourth-order valence-electron chi connectivity index (χ4n) is 4.01. The highest BCUT2D eigenvalue weighted by Gasteiger charge is 2.16. The molecule has 2 aromatic heterocycles. The molecule has 0 bridgehead atoms. The number of fused-ring (bicyclic) bond motifs is 1. The van der Waals surface area contributed by atoms with Crippen molar-refractivity contribution in [1.82, 2.24) is 15.0 Å². The van der Waals surface area contributed by atoms with Gasteiger partial charge in [0, 0.05) is 48.4 Å². The van der Waals surface area contributed by atoms with Crippen LogP contribution in [0.1, 0.15) is 18.4 Å². The lowest BCUT2D eigenvalue weighted by molar-refractivity contribution is 0.926. The first-order valence-corrected chi connectivity index (χ1v) is 10.4. The van der Waals surface area contributed by atoms with Gasteiger partial charge < -0.3 is 15.2 Å². The summed E-state index contributed by atoms with van der Waals surface area (Å²) in [5, 5.41) is 4.82. The smallest absolute Gasteiger partial charge is 0.163 e. The van der Waals surface area contributed by atoms with Crippen molar-refractivity contribution in [1.29, 1.82) is 0 Å². The summed E-state index contributed by atoms with van der Waals surface area (Å²) in [6, 6.07) is 20.8. The zero-order valence-corrected chi connectivity index (χ0v) is 16.4. The van der Waals surface area contributed by atoms with E-state index in [0.29, 0.717) is 0 Å². The lowest BCUT2D eigenvalue weighted by Crippen LogP contribution is -2.20. The topological polar surface area (TPSA) is 56.8 Å². The molecule has 0 unspecified atom stereocenters. The zero-order valence-electron chi connectivity index (χ0n) is 16.4. The first-order chi connectivity index (χ1) is 14.4. The van der Waals surface area contributed by atoms with E-state index < -0.39 is 0 Å². The molecule has 0 aliphatic carbocycles. The van der Waals surface area contributed by atoms with Gasteiger partial charge in [0.05, 0.1) is 0 Å². The molecule has 1 aliphatic heterocycles. The molecule has 1 fully saturated rings. The number of hydrogen-bond acceptors (Lipinski definition) is 4. The van der Waals surface area contributed by atoms with Crippen LogP contribution >= 0.6 is 0 Å². The number of nitrogens with zero attached hydrogens (tertiary/aromatic N) is 3. The zero-order chi connectivity index (χ0) is 19.5. The molecule has 2 aromatic carbocycles. The van der Waals surface area contributed by atoms with Crippen LogP contribution in [0.3, 0.4) is 0 Å². The summed E-state index contributed by atoms with van der Waals surface area (Å²) in [6.07, 6.45) is 5.51. The van der Waals surface area contributed by atoms with E-state index in [2.05, 4.69) is 63.9 Å². The van der Waals surface area contributed by atoms with Crippen molar-refractivity contribution >= 4 is 22.5 Å².